The first-order valence-electron chi connectivity index (χ1n) is 8.68. The van der Waals surface area contributed by atoms with E-state index >= 15 is 0 Å². The van der Waals surface area contributed by atoms with Crippen molar-refractivity contribution in [2.45, 2.75) is 12.8 Å². The number of carboxylic acids is 1. The normalized spacial score (nSPS) is 13.9. The van der Waals surface area contributed by atoms with Gasteiger partial charge in [0.2, 0.25) is 0 Å². The average Bonchev–Trinajstić information content (AvgIpc) is 3.21. The molecule has 2 aromatic carbocycles. The number of rotatable bonds is 5. The van der Waals surface area contributed by atoms with Crippen molar-refractivity contribution in [3.8, 4) is 6.07 Å². The molecule has 0 bridgehead atoms. The van der Waals surface area contributed by atoms with Gasteiger partial charge in [0.1, 0.15) is 11.6 Å². The van der Waals surface area contributed by atoms with Crippen molar-refractivity contribution in [2.75, 3.05) is 23.3 Å². The molecule has 0 radical (unpaired) electrons. The first kappa shape index (κ1) is 18.2. The van der Waals surface area contributed by atoms with Crippen LogP contribution in [0.5, 0.6) is 0 Å². The predicted molar refractivity (Wildman–Crippen MR) is 104 cm³/mol. The predicted octanol–water partition coefficient (Wildman–Crippen LogP) is 3.53. The zero-order valence-electron chi connectivity index (χ0n) is 14.7. The van der Waals surface area contributed by atoms with Gasteiger partial charge < -0.3 is 15.3 Å². The van der Waals surface area contributed by atoms with E-state index in [4.69, 9.17) is 5.11 Å². The van der Waals surface area contributed by atoms with E-state index in [-0.39, 0.29) is 11.1 Å². The lowest BCUT2D eigenvalue weighted by Gasteiger charge is -2.17. The number of nitrogens with zero attached hydrogens (tertiary/aromatic N) is 2. The molecule has 1 saturated heterocycles. The van der Waals surface area contributed by atoms with Gasteiger partial charge in [-0.1, -0.05) is 12.1 Å². The summed E-state index contributed by atoms with van der Waals surface area (Å²) in [7, 11) is 0. The minimum Gasteiger partial charge on any atom is -0.478 e. The number of benzene rings is 2. The average molecular weight is 361 g/mol. The van der Waals surface area contributed by atoms with Gasteiger partial charge in [-0.25, -0.2) is 4.79 Å². The summed E-state index contributed by atoms with van der Waals surface area (Å²) in [5.74, 6) is -1.58. The number of carboxylic acid groups (broad SMARTS) is 1. The van der Waals surface area contributed by atoms with Gasteiger partial charge in [0.15, 0.2) is 0 Å². The van der Waals surface area contributed by atoms with Gasteiger partial charge in [0.05, 0.1) is 5.56 Å². The Morgan fingerprint density at radius 1 is 1.04 bits per heavy atom. The summed E-state index contributed by atoms with van der Waals surface area (Å²) in [6.07, 6.45) is 3.94. The van der Waals surface area contributed by atoms with Gasteiger partial charge in [0.25, 0.3) is 5.91 Å². The zero-order valence-corrected chi connectivity index (χ0v) is 14.7. The lowest BCUT2D eigenvalue weighted by atomic mass is 10.1. The van der Waals surface area contributed by atoms with E-state index in [2.05, 4.69) is 10.2 Å². The van der Waals surface area contributed by atoms with Crippen LogP contribution in [-0.4, -0.2) is 30.1 Å². The number of amides is 1. The van der Waals surface area contributed by atoms with Gasteiger partial charge in [-0.3, -0.25) is 4.79 Å². The summed E-state index contributed by atoms with van der Waals surface area (Å²) in [4.78, 5) is 25.5. The van der Waals surface area contributed by atoms with E-state index < -0.39 is 11.9 Å². The maximum Gasteiger partial charge on any atom is 0.335 e. The summed E-state index contributed by atoms with van der Waals surface area (Å²) in [5.41, 5.74) is 2.45. The summed E-state index contributed by atoms with van der Waals surface area (Å²) in [6.45, 7) is 2.11. The van der Waals surface area contributed by atoms with Gasteiger partial charge in [-0.2, -0.15) is 5.26 Å². The maximum atomic E-state index is 12.3. The maximum absolute atomic E-state index is 12.3. The van der Waals surface area contributed by atoms with Gasteiger partial charge in [0, 0.05) is 24.5 Å². The molecule has 1 aliphatic heterocycles. The molecule has 27 heavy (non-hydrogen) atoms. The third kappa shape index (κ3) is 4.53. The Kier molecular flexibility index (Phi) is 5.53. The molecule has 2 N–H and O–H groups in total. The summed E-state index contributed by atoms with van der Waals surface area (Å²) in [6, 6.07) is 15.4. The Labute approximate surface area is 157 Å². The van der Waals surface area contributed by atoms with Gasteiger partial charge in [-0.05, 0) is 60.9 Å². The first-order valence-corrected chi connectivity index (χ1v) is 8.68. The number of carbonyl (C=O) groups is 2. The SMILES string of the molecule is N#CC(=Cc1ccc(N2CCCC2)cc1)C(=O)Nc1ccc(C(=O)O)cc1. The van der Waals surface area contributed by atoms with Crippen LogP contribution in [0.15, 0.2) is 54.1 Å². The molecule has 6 nitrogen and oxygen atoms in total. The molecular formula is C21H19N3O3. The second-order valence-electron chi connectivity index (χ2n) is 6.29. The number of hydrogen-bond acceptors (Lipinski definition) is 4. The standard InChI is InChI=1S/C21H19N3O3/c22-14-17(20(25)23-18-7-5-16(6-8-18)21(26)27)13-15-3-9-19(10-4-15)24-11-1-2-12-24/h3-10,13H,1-2,11-12H2,(H,23,25)(H,26,27). The van der Waals surface area contributed by atoms with E-state index in [0.717, 1.165) is 24.3 Å². The van der Waals surface area contributed by atoms with Crippen molar-refractivity contribution in [3.05, 3.63) is 65.2 Å². The second-order valence-corrected chi connectivity index (χ2v) is 6.29. The molecule has 1 amide bonds. The number of aromatic carboxylic acids is 1. The van der Waals surface area contributed by atoms with Crippen molar-refractivity contribution >= 4 is 29.3 Å². The molecule has 136 valence electrons. The highest BCUT2D eigenvalue weighted by Gasteiger charge is 2.13. The minimum absolute atomic E-state index is 0.0220. The fraction of sp³-hybridized carbons (Fsp3) is 0.190. The van der Waals surface area contributed by atoms with Crippen LogP contribution in [0.25, 0.3) is 6.08 Å². The fourth-order valence-corrected chi connectivity index (χ4v) is 2.97. The second kappa shape index (κ2) is 8.19. The van der Waals surface area contributed by atoms with Crippen LogP contribution in [0, 0.1) is 11.3 Å². The molecule has 1 aliphatic rings. The summed E-state index contributed by atoms with van der Waals surface area (Å²) >= 11 is 0. The molecule has 0 saturated carbocycles. The van der Waals surface area contributed by atoms with E-state index in [9.17, 15) is 14.9 Å². The van der Waals surface area contributed by atoms with Crippen molar-refractivity contribution in [1.29, 1.82) is 5.26 Å². The van der Waals surface area contributed by atoms with Crippen LogP contribution in [0.3, 0.4) is 0 Å². The third-order valence-corrected chi connectivity index (χ3v) is 4.43. The largest absolute Gasteiger partial charge is 0.478 e. The monoisotopic (exact) mass is 361 g/mol. The topological polar surface area (TPSA) is 93.4 Å². The molecule has 0 atom stereocenters. The molecule has 6 heteroatoms. The smallest absolute Gasteiger partial charge is 0.335 e. The van der Waals surface area contributed by atoms with Crippen LogP contribution in [-0.2, 0) is 4.79 Å². The van der Waals surface area contributed by atoms with Gasteiger partial charge in [-0.15, -0.1) is 0 Å². The van der Waals surface area contributed by atoms with Crippen LogP contribution < -0.4 is 10.2 Å². The Morgan fingerprint density at radius 2 is 1.67 bits per heavy atom. The fourth-order valence-electron chi connectivity index (χ4n) is 2.97. The quantitative estimate of drug-likeness (QED) is 0.628. The van der Waals surface area contributed by atoms with E-state index in [1.165, 1.54) is 43.2 Å². The van der Waals surface area contributed by atoms with Crippen LogP contribution in [0.1, 0.15) is 28.8 Å². The Balaban J connectivity index is 1.70. The van der Waals surface area contributed by atoms with Crippen LogP contribution >= 0.6 is 0 Å². The number of hydrogen-bond donors (Lipinski definition) is 2. The summed E-state index contributed by atoms with van der Waals surface area (Å²) < 4.78 is 0. The molecule has 2 aromatic rings. The molecular weight excluding hydrogens is 342 g/mol. The number of nitriles is 1. The van der Waals surface area contributed by atoms with Gasteiger partial charge >= 0.3 is 5.97 Å². The van der Waals surface area contributed by atoms with Crippen LogP contribution in [0.2, 0.25) is 0 Å². The minimum atomic E-state index is -1.04. The Hall–Kier alpha value is -3.59. The first-order chi connectivity index (χ1) is 13.1. The van der Waals surface area contributed by atoms with Crippen molar-refractivity contribution in [3.63, 3.8) is 0 Å². The summed E-state index contributed by atoms with van der Waals surface area (Å²) in [5, 5.41) is 20.8. The molecule has 0 aliphatic carbocycles. The highest BCUT2D eigenvalue weighted by atomic mass is 16.4. The van der Waals surface area contributed by atoms with Crippen molar-refractivity contribution in [1.82, 2.24) is 0 Å². The van der Waals surface area contributed by atoms with E-state index in [0.29, 0.717) is 5.69 Å². The molecule has 0 unspecified atom stereocenters. The van der Waals surface area contributed by atoms with E-state index in [1.54, 1.807) is 0 Å². The zero-order chi connectivity index (χ0) is 19.2. The Morgan fingerprint density at radius 3 is 2.22 bits per heavy atom. The van der Waals surface area contributed by atoms with E-state index in [1.807, 2.05) is 30.3 Å². The molecule has 1 heterocycles. The number of nitrogens with one attached hydrogen (secondary N) is 1. The number of anilines is 2. The lowest BCUT2D eigenvalue weighted by Crippen LogP contribution is -2.17. The van der Waals surface area contributed by atoms with Crippen molar-refractivity contribution in [2.24, 2.45) is 0 Å². The van der Waals surface area contributed by atoms with Crippen LogP contribution in [0.4, 0.5) is 11.4 Å². The third-order valence-electron chi connectivity index (χ3n) is 4.43. The molecule has 0 aromatic heterocycles. The number of carbonyl (C=O) groups excluding carboxylic acids is 1. The highest BCUT2D eigenvalue weighted by molar-refractivity contribution is 6.09. The molecule has 0 spiro atoms. The highest BCUT2D eigenvalue weighted by Crippen LogP contribution is 2.21. The Bertz CT molecular complexity index is 903. The molecule has 3 rings (SSSR count). The van der Waals surface area contributed by atoms with Crippen molar-refractivity contribution < 1.29 is 14.7 Å². The lowest BCUT2D eigenvalue weighted by molar-refractivity contribution is -0.112. The molecule has 1 fully saturated rings.